The van der Waals surface area contributed by atoms with Crippen molar-refractivity contribution in [2.45, 2.75) is 30.9 Å². The predicted molar refractivity (Wildman–Crippen MR) is 102 cm³/mol. The molecule has 4 nitrogen and oxygen atoms in total. The van der Waals surface area contributed by atoms with Gasteiger partial charge in [-0.05, 0) is 31.5 Å². The normalized spacial score (nSPS) is 12.2. The van der Waals surface area contributed by atoms with E-state index in [-0.39, 0.29) is 6.10 Å². The van der Waals surface area contributed by atoms with Crippen molar-refractivity contribution in [2.24, 2.45) is 7.05 Å². The zero-order chi connectivity index (χ0) is 17.8. The molecule has 25 heavy (non-hydrogen) atoms. The molecule has 0 amide bonds. The second kappa shape index (κ2) is 7.93. The lowest BCUT2D eigenvalue weighted by atomic mass is 10.2. The van der Waals surface area contributed by atoms with Crippen LogP contribution in [-0.4, -0.2) is 14.8 Å². The monoisotopic (exact) mass is 373 g/mol. The van der Waals surface area contributed by atoms with E-state index in [1.54, 1.807) is 11.8 Å². The number of hydrogen-bond acceptors (Lipinski definition) is 4. The van der Waals surface area contributed by atoms with Crippen molar-refractivity contribution < 1.29 is 4.74 Å². The molecule has 0 aliphatic rings. The van der Waals surface area contributed by atoms with Gasteiger partial charge in [-0.15, -0.1) is 10.2 Å². The second-order valence-electron chi connectivity index (χ2n) is 5.87. The van der Waals surface area contributed by atoms with Crippen LogP contribution in [-0.2, 0) is 12.8 Å². The van der Waals surface area contributed by atoms with Gasteiger partial charge in [0.2, 0.25) is 0 Å². The molecule has 1 aromatic heterocycles. The van der Waals surface area contributed by atoms with Crippen LogP contribution in [0.1, 0.15) is 30.0 Å². The molecule has 6 heteroatoms. The summed E-state index contributed by atoms with van der Waals surface area (Å²) in [7, 11) is 1.96. The predicted octanol–water partition coefficient (Wildman–Crippen LogP) is 5.21. The fourth-order valence-electron chi connectivity index (χ4n) is 2.54. The Bertz CT molecular complexity index is 865. The first-order chi connectivity index (χ1) is 12.0. The first-order valence-electron chi connectivity index (χ1n) is 8.03. The Morgan fingerprint density at radius 3 is 2.72 bits per heavy atom. The molecule has 0 radical (unpaired) electrons. The van der Waals surface area contributed by atoms with E-state index in [1.807, 2.05) is 42.8 Å². The molecule has 1 heterocycles. The third-order valence-corrected chi connectivity index (χ3v) is 5.23. The highest BCUT2D eigenvalue weighted by Gasteiger charge is 2.18. The minimum absolute atomic E-state index is 0.245. The summed E-state index contributed by atoms with van der Waals surface area (Å²) < 4.78 is 7.91. The third kappa shape index (κ3) is 4.35. The maximum absolute atomic E-state index is 6.16. The second-order valence-corrected chi connectivity index (χ2v) is 7.22. The zero-order valence-corrected chi connectivity index (χ0v) is 16.0. The number of aryl methyl sites for hydroxylation is 1. The SMILES string of the molecule is Cc1cccc(CSc2nnc(C(C)Oc3ccccc3Cl)n2C)c1. The van der Waals surface area contributed by atoms with E-state index in [0.29, 0.717) is 10.8 Å². The van der Waals surface area contributed by atoms with E-state index >= 15 is 0 Å². The number of para-hydroxylation sites is 1. The number of hydrogen-bond donors (Lipinski definition) is 0. The van der Waals surface area contributed by atoms with E-state index in [2.05, 4.69) is 41.4 Å². The van der Waals surface area contributed by atoms with Gasteiger partial charge in [0.25, 0.3) is 0 Å². The summed E-state index contributed by atoms with van der Waals surface area (Å²) in [5, 5.41) is 10.1. The van der Waals surface area contributed by atoms with Crippen LogP contribution < -0.4 is 4.74 Å². The van der Waals surface area contributed by atoms with E-state index in [1.165, 1.54) is 11.1 Å². The summed E-state index contributed by atoms with van der Waals surface area (Å²) in [5.74, 6) is 2.27. The molecule has 0 fully saturated rings. The van der Waals surface area contributed by atoms with Crippen molar-refractivity contribution in [3.05, 3.63) is 70.5 Å². The van der Waals surface area contributed by atoms with Crippen molar-refractivity contribution in [3.63, 3.8) is 0 Å². The Kier molecular flexibility index (Phi) is 5.66. The van der Waals surface area contributed by atoms with Crippen molar-refractivity contribution in [1.82, 2.24) is 14.8 Å². The molecule has 1 atom stereocenters. The maximum atomic E-state index is 6.16. The van der Waals surface area contributed by atoms with Gasteiger partial charge in [-0.25, -0.2) is 0 Å². The maximum Gasteiger partial charge on any atom is 0.191 e. The largest absolute Gasteiger partial charge is 0.481 e. The van der Waals surface area contributed by atoms with Crippen LogP contribution in [0.15, 0.2) is 53.7 Å². The summed E-state index contributed by atoms with van der Waals surface area (Å²) in [6.45, 7) is 4.05. The minimum atomic E-state index is -0.245. The molecule has 1 unspecified atom stereocenters. The van der Waals surface area contributed by atoms with Crippen LogP contribution in [0.2, 0.25) is 5.02 Å². The van der Waals surface area contributed by atoms with E-state index in [9.17, 15) is 0 Å². The van der Waals surface area contributed by atoms with E-state index in [0.717, 1.165) is 16.7 Å². The smallest absolute Gasteiger partial charge is 0.191 e. The van der Waals surface area contributed by atoms with Crippen LogP contribution >= 0.6 is 23.4 Å². The van der Waals surface area contributed by atoms with E-state index < -0.39 is 0 Å². The van der Waals surface area contributed by atoms with Crippen LogP contribution in [0.5, 0.6) is 5.75 Å². The summed E-state index contributed by atoms with van der Waals surface area (Å²) in [4.78, 5) is 0. The van der Waals surface area contributed by atoms with Gasteiger partial charge >= 0.3 is 0 Å². The summed E-state index contributed by atoms with van der Waals surface area (Å²) in [6, 6.07) is 15.9. The van der Waals surface area contributed by atoms with Crippen molar-refractivity contribution in [3.8, 4) is 5.75 Å². The number of aromatic nitrogens is 3. The van der Waals surface area contributed by atoms with Crippen LogP contribution in [0.25, 0.3) is 0 Å². The zero-order valence-electron chi connectivity index (χ0n) is 14.4. The fourth-order valence-corrected chi connectivity index (χ4v) is 3.58. The van der Waals surface area contributed by atoms with Crippen molar-refractivity contribution >= 4 is 23.4 Å². The Labute approximate surface area is 157 Å². The molecule has 0 aliphatic carbocycles. The molecule has 0 saturated carbocycles. The highest BCUT2D eigenvalue weighted by Crippen LogP contribution is 2.29. The van der Waals surface area contributed by atoms with Crippen LogP contribution in [0.4, 0.5) is 0 Å². The van der Waals surface area contributed by atoms with Crippen molar-refractivity contribution in [2.75, 3.05) is 0 Å². The molecular weight excluding hydrogens is 354 g/mol. The van der Waals surface area contributed by atoms with Gasteiger partial charge in [0.15, 0.2) is 17.1 Å². The first-order valence-corrected chi connectivity index (χ1v) is 9.40. The van der Waals surface area contributed by atoms with Crippen molar-refractivity contribution in [1.29, 1.82) is 0 Å². The Hall–Kier alpha value is -1.98. The average Bonchev–Trinajstić information content (AvgIpc) is 2.96. The number of nitrogens with zero attached hydrogens (tertiary/aromatic N) is 3. The summed E-state index contributed by atoms with van der Waals surface area (Å²) >= 11 is 7.82. The molecule has 3 rings (SSSR count). The Morgan fingerprint density at radius 2 is 1.96 bits per heavy atom. The summed E-state index contributed by atoms with van der Waals surface area (Å²) in [5.41, 5.74) is 2.54. The number of halogens is 1. The van der Waals surface area contributed by atoms with Gasteiger partial charge in [-0.1, -0.05) is 65.3 Å². The third-order valence-electron chi connectivity index (χ3n) is 3.82. The van der Waals surface area contributed by atoms with Gasteiger partial charge in [-0.2, -0.15) is 0 Å². The lowest BCUT2D eigenvalue weighted by molar-refractivity contribution is 0.211. The van der Waals surface area contributed by atoms with Gasteiger partial charge in [0.05, 0.1) is 5.02 Å². The summed E-state index contributed by atoms with van der Waals surface area (Å²) in [6.07, 6.45) is -0.245. The fraction of sp³-hybridized carbons (Fsp3) is 0.263. The van der Waals surface area contributed by atoms with Gasteiger partial charge in [-0.3, -0.25) is 0 Å². The quantitative estimate of drug-likeness (QED) is 0.556. The van der Waals surface area contributed by atoms with Crippen LogP contribution in [0.3, 0.4) is 0 Å². The molecule has 130 valence electrons. The average molecular weight is 374 g/mol. The Morgan fingerprint density at radius 1 is 1.16 bits per heavy atom. The number of thioether (sulfide) groups is 1. The number of ether oxygens (including phenoxy) is 1. The molecule has 0 aliphatic heterocycles. The lowest BCUT2D eigenvalue weighted by Gasteiger charge is -2.15. The van der Waals surface area contributed by atoms with E-state index in [4.69, 9.17) is 16.3 Å². The molecular formula is C19H20ClN3OS. The molecule has 0 saturated heterocycles. The molecule has 0 spiro atoms. The molecule has 3 aromatic rings. The van der Waals surface area contributed by atoms with Gasteiger partial charge < -0.3 is 9.30 Å². The topological polar surface area (TPSA) is 39.9 Å². The Balaban J connectivity index is 1.69. The lowest BCUT2D eigenvalue weighted by Crippen LogP contribution is -2.10. The molecule has 0 N–H and O–H groups in total. The highest BCUT2D eigenvalue weighted by atomic mass is 35.5. The van der Waals surface area contributed by atoms with Gasteiger partial charge in [0.1, 0.15) is 5.75 Å². The number of benzene rings is 2. The van der Waals surface area contributed by atoms with Crippen LogP contribution in [0, 0.1) is 6.92 Å². The highest BCUT2D eigenvalue weighted by molar-refractivity contribution is 7.98. The molecule has 0 bridgehead atoms. The van der Waals surface area contributed by atoms with Gasteiger partial charge in [0, 0.05) is 12.8 Å². The first kappa shape index (κ1) is 17.8. The molecule has 2 aromatic carbocycles. The minimum Gasteiger partial charge on any atom is -0.481 e. The standard InChI is InChI=1S/C19H20ClN3OS/c1-13-7-6-8-15(11-13)12-25-19-22-21-18(23(19)3)14(2)24-17-10-5-4-9-16(17)20/h4-11,14H,12H2,1-3H3. The number of rotatable bonds is 6.